The van der Waals surface area contributed by atoms with Gasteiger partial charge in [-0.2, -0.15) is 4.98 Å². The molecule has 2 heterocycles. The molecule has 0 amide bonds. The zero-order chi connectivity index (χ0) is 13.9. The van der Waals surface area contributed by atoms with Crippen molar-refractivity contribution in [2.75, 3.05) is 0 Å². The van der Waals surface area contributed by atoms with Crippen molar-refractivity contribution in [1.29, 1.82) is 0 Å². The van der Waals surface area contributed by atoms with Gasteiger partial charge in [0.15, 0.2) is 0 Å². The van der Waals surface area contributed by atoms with Crippen LogP contribution in [0.1, 0.15) is 11.5 Å². The van der Waals surface area contributed by atoms with E-state index in [4.69, 9.17) is 4.52 Å². The molecule has 0 unspecified atom stereocenters. The fourth-order valence-electron chi connectivity index (χ4n) is 1.60. The molecule has 0 aliphatic rings. The summed E-state index contributed by atoms with van der Waals surface area (Å²) < 4.78 is 6.83. The minimum Gasteiger partial charge on any atom is -0.338 e. The summed E-state index contributed by atoms with van der Waals surface area (Å²) in [5, 5.41) is 15.9. The lowest BCUT2D eigenvalue weighted by molar-refractivity contribution is 0.391. The zero-order valence-electron chi connectivity index (χ0n) is 11.0. The van der Waals surface area contributed by atoms with E-state index < -0.39 is 0 Å². The molecular weight excluding hydrogens is 276 g/mol. The molecule has 0 bridgehead atoms. The van der Waals surface area contributed by atoms with Crippen molar-refractivity contribution in [3.8, 4) is 11.4 Å². The van der Waals surface area contributed by atoms with Crippen LogP contribution in [-0.4, -0.2) is 30.3 Å². The normalized spacial score (nSPS) is 10.9. The van der Waals surface area contributed by atoms with Gasteiger partial charge >= 0.3 is 0 Å². The van der Waals surface area contributed by atoms with Crippen molar-refractivity contribution in [2.24, 2.45) is 7.05 Å². The van der Waals surface area contributed by atoms with Crippen LogP contribution in [0.15, 0.2) is 33.9 Å². The first kappa shape index (κ1) is 12.8. The topological polar surface area (TPSA) is 82.5 Å². The predicted octanol–water partition coefficient (Wildman–Crippen LogP) is 1.86. The maximum absolute atomic E-state index is 5.23. The van der Waals surface area contributed by atoms with Gasteiger partial charge in [-0.3, -0.25) is 0 Å². The van der Waals surface area contributed by atoms with Crippen LogP contribution in [0.5, 0.6) is 0 Å². The van der Waals surface area contributed by atoms with Crippen molar-refractivity contribution in [3.05, 3.63) is 35.7 Å². The highest BCUT2D eigenvalue weighted by Crippen LogP contribution is 2.21. The number of nitrogens with zero attached hydrogens (tertiary/aromatic N) is 6. The Balaban J connectivity index is 1.71. The van der Waals surface area contributed by atoms with E-state index in [1.165, 1.54) is 17.3 Å². The molecule has 0 spiro atoms. The Bertz CT molecular complexity index is 705. The van der Waals surface area contributed by atoms with E-state index in [1.807, 2.05) is 31.2 Å². The molecule has 3 aromatic rings. The molecule has 0 aliphatic carbocycles. The zero-order valence-corrected chi connectivity index (χ0v) is 11.8. The summed E-state index contributed by atoms with van der Waals surface area (Å²) >= 11 is 1.45. The smallest absolute Gasteiger partial charge is 0.237 e. The number of rotatable bonds is 4. The summed E-state index contributed by atoms with van der Waals surface area (Å²) in [6, 6.07) is 7.99. The number of aryl methyl sites for hydroxylation is 2. The largest absolute Gasteiger partial charge is 0.338 e. The lowest BCUT2D eigenvalue weighted by Crippen LogP contribution is -1.93. The van der Waals surface area contributed by atoms with Gasteiger partial charge in [-0.15, -0.1) is 5.10 Å². The third-order valence-corrected chi connectivity index (χ3v) is 3.68. The fraction of sp³-hybridized carbons (Fsp3) is 0.250. The van der Waals surface area contributed by atoms with E-state index in [-0.39, 0.29) is 0 Å². The van der Waals surface area contributed by atoms with E-state index >= 15 is 0 Å². The van der Waals surface area contributed by atoms with Gasteiger partial charge < -0.3 is 4.52 Å². The molecule has 0 saturated heterocycles. The maximum atomic E-state index is 5.23. The van der Waals surface area contributed by atoms with Crippen LogP contribution in [-0.2, 0) is 12.8 Å². The molecular formula is C12H12N6OS. The van der Waals surface area contributed by atoms with E-state index in [0.717, 1.165) is 5.56 Å². The molecule has 7 nitrogen and oxygen atoms in total. The molecule has 0 atom stereocenters. The number of hydrogen-bond donors (Lipinski definition) is 0. The van der Waals surface area contributed by atoms with Crippen molar-refractivity contribution >= 4 is 11.8 Å². The van der Waals surface area contributed by atoms with Crippen LogP contribution in [0.3, 0.4) is 0 Å². The molecule has 3 rings (SSSR count). The molecule has 0 fully saturated rings. The molecule has 8 heteroatoms. The minimum atomic E-state index is 0.535. The molecule has 0 radical (unpaired) electrons. The monoisotopic (exact) mass is 288 g/mol. The van der Waals surface area contributed by atoms with Gasteiger partial charge in [-0.05, 0) is 17.4 Å². The van der Waals surface area contributed by atoms with Crippen molar-refractivity contribution < 1.29 is 4.52 Å². The summed E-state index contributed by atoms with van der Waals surface area (Å²) in [7, 11) is 1.79. The molecule has 0 aliphatic heterocycles. The Hall–Kier alpha value is -2.22. The van der Waals surface area contributed by atoms with Crippen LogP contribution in [0.4, 0.5) is 0 Å². The van der Waals surface area contributed by atoms with Crippen LogP contribution >= 0.6 is 11.8 Å². The van der Waals surface area contributed by atoms with E-state index in [2.05, 4.69) is 25.7 Å². The second-order valence-corrected chi connectivity index (χ2v) is 5.19. The van der Waals surface area contributed by atoms with Gasteiger partial charge in [-0.1, -0.05) is 46.7 Å². The third-order valence-electron chi connectivity index (χ3n) is 2.68. The third kappa shape index (κ3) is 2.69. The highest BCUT2D eigenvalue weighted by molar-refractivity contribution is 7.98. The highest BCUT2D eigenvalue weighted by atomic mass is 32.2. The standard InChI is InChI=1S/C12H12N6OS/c1-8-3-5-9(6-4-8)11-13-10(19-15-11)7-20-12-14-16-17-18(12)2/h3-6H,7H2,1-2H3. The highest BCUT2D eigenvalue weighted by Gasteiger charge is 2.10. The summed E-state index contributed by atoms with van der Waals surface area (Å²) in [5.41, 5.74) is 2.14. The molecule has 20 heavy (non-hydrogen) atoms. The summed E-state index contributed by atoms with van der Waals surface area (Å²) in [4.78, 5) is 4.36. The summed E-state index contributed by atoms with van der Waals surface area (Å²) in [5.74, 6) is 1.68. The molecule has 2 aromatic heterocycles. The van der Waals surface area contributed by atoms with Gasteiger partial charge in [0.25, 0.3) is 0 Å². The Morgan fingerprint density at radius 1 is 1.25 bits per heavy atom. The quantitative estimate of drug-likeness (QED) is 0.677. The van der Waals surface area contributed by atoms with Crippen LogP contribution in [0.25, 0.3) is 11.4 Å². The Morgan fingerprint density at radius 2 is 2.05 bits per heavy atom. The second kappa shape index (κ2) is 5.41. The molecule has 102 valence electrons. The first-order chi connectivity index (χ1) is 9.72. The van der Waals surface area contributed by atoms with Crippen molar-refractivity contribution in [3.63, 3.8) is 0 Å². The Kier molecular flexibility index (Phi) is 3.46. The first-order valence-corrected chi connectivity index (χ1v) is 6.96. The lowest BCUT2D eigenvalue weighted by atomic mass is 10.1. The summed E-state index contributed by atoms with van der Waals surface area (Å²) in [6.45, 7) is 2.04. The van der Waals surface area contributed by atoms with Gasteiger partial charge in [0.1, 0.15) is 0 Å². The van der Waals surface area contributed by atoms with Crippen molar-refractivity contribution in [1.82, 2.24) is 30.3 Å². The predicted molar refractivity (Wildman–Crippen MR) is 72.8 cm³/mol. The number of tetrazole rings is 1. The fourth-order valence-corrected chi connectivity index (χ4v) is 2.29. The van der Waals surface area contributed by atoms with E-state index in [0.29, 0.717) is 22.6 Å². The number of hydrogen-bond acceptors (Lipinski definition) is 7. The molecule has 0 N–H and O–H groups in total. The average Bonchev–Trinajstić information content (AvgIpc) is 3.06. The van der Waals surface area contributed by atoms with Crippen LogP contribution in [0, 0.1) is 6.92 Å². The second-order valence-electron chi connectivity index (χ2n) is 4.25. The first-order valence-electron chi connectivity index (χ1n) is 5.97. The van der Waals surface area contributed by atoms with Crippen LogP contribution in [0.2, 0.25) is 0 Å². The lowest BCUT2D eigenvalue weighted by Gasteiger charge is -1.95. The summed E-state index contributed by atoms with van der Waals surface area (Å²) in [6.07, 6.45) is 0. The number of aromatic nitrogens is 6. The Morgan fingerprint density at radius 3 is 2.75 bits per heavy atom. The van der Waals surface area contributed by atoms with Gasteiger partial charge in [-0.25, -0.2) is 4.68 Å². The van der Waals surface area contributed by atoms with E-state index in [9.17, 15) is 0 Å². The Labute approximate surface area is 119 Å². The van der Waals surface area contributed by atoms with Gasteiger partial charge in [0.05, 0.1) is 5.75 Å². The average molecular weight is 288 g/mol. The molecule has 1 aromatic carbocycles. The molecule has 0 saturated carbocycles. The van der Waals surface area contributed by atoms with Gasteiger partial charge in [0.2, 0.25) is 16.9 Å². The number of thioether (sulfide) groups is 1. The van der Waals surface area contributed by atoms with Crippen LogP contribution < -0.4 is 0 Å². The number of benzene rings is 1. The minimum absolute atomic E-state index is 0.535. The van der Waals surface area contributed by atoms with Gasteiger partial charge in [0, 0.05) is 12.6 Å². The van der Waals surface area contributed by atoms with Crippen molar-refractivity contribution in [2.45, 2.75) is 17.8 Å². The maximum Gasteiger partial charge on any atom is 0.237 e. The van der Waals surface area contributed by atoms with E-state index in [1.54, 1.807) is 11.7 Å². The SMILES string of the molecule is Cc1ccc(-c2noc(CSc3nnnn3C)n2)cc1.